The van der Waals surface area contributed by atoms with Crippen LogP contribution in [0.2, 0.25) is 0 Å². The average molecular weight is 736 g/mol. The first-order valence-corrected chi connectivity index (χ1v) is 19.6. The Morgan fingerprint density at radius 3 is 1.37 bits per heavy atom. The van der Waals surface area contributed by atoms with Crippen molar-refractivity contribution in [3.8, 4) is 51.2 Å². The molecule has 4 heterocycles. The van der Waals surface area contributed by atoms with Gasteiger partial charge in [-0.05, 0) is 86.6 Å². The van der Waals surface area contributed by atoms with Gasteiger partial charge in [-0.15, -0.1) is 0 Å². The Kier molecular flexibility index (Phi) is 7.60. The standard InChI is InChI=1S/C50H37N7/c1-3-55-42-19-11-8-16-37(42)39-30-34(26-28-44(39)55)48-52-47(53-49(54-48)35-27-29-45-40(31-35)38-17-9-12-20-43(38)56(45)4-2)32-22-24-33(25-23-32)50-51-41-18-10-13-21-46(41)57(50)36-14-6-5-7-15-36/h5-31H,3-4H2,1-2H3. The molecule has 7 nitrogen and oxygen atoms in total. The fraction of sp³-hybridized carbons (Fsp3) is 0.0800. The van der Waals surface area contributed by atoms with Crippen LogP contribution in [0.25, 0.3) is 106 Å². The van der Waals surface area contributed by atoms with Gasteiger partial charge >= 0.3 is 0 Å². The Bertz CT molecular complexity index is 3170. The Balaban J connectivity index is 1.08. The number of imidazole rings is 1. The van der Waals surface area contributed by atoms with Gasteiger partial charge in [-0.2, -0.15) is 0 Å². The summed E-state index contributed by atoms with van der Waals surface area (Å²) >= 11 is 0. The highest BCUT2D eigenvalue weighted by Crippen LogP contribution is 2.36. The second-order valence-corrected chi connectivity index (χ2v) is 14.5. The van der Waals surface area contributed by atoms with E-state index in [1.165, 1.54) is 43.6 Å². The van der Waals surface area contributed by atoms with Crippen molar-refractivity contribution in [3.05, 3.63) is 164 Å². The lowest BCUT2D eigenvalue weighted by Gasteiger charge is -2.11. The summed E-state index contributed by atoms with van der Waals surface area (Å²) in [5.41, 5.74) is 11.7. The molecule has 0 saturated carbocycles. The predicted octanol–water partition coefficient (Wildman–Crippen LogP) is 12.1. The zero-order valence-electron chi connectivity index (χ0n) is 31.6. The Morgan fingerprint density at radius 1 is 0.368 bits per heavy atom. The Hall–Kier alpha value is -7.38. The molecule has 0 amide bonds. The Morgan fingerprint density at radius 2 is 0.807 bits per heavy atom. The lowest BCUT2D eigenvalue weighted by atomic mass is 10.1. The van der Waals surface area contributed by atoms with Crippen molar-refractivity contribution in [2.75, 3.05) is 0 Å². The number of aryl methyl sites for hydroxylation is 2. The third kappa shape index (κ3) is 5.27. The van der Waals surface area contributed by atoms with E-state index < -0.39 is 0 Å². The van der Waals surface area contributed by atoms with Gasteiger partial charge in [0, 0.05) is 84.6 Å². The second kappa shape index (κ2) is 13.1. The van der Waals surface area contributed by atoms with Crippen molar-refractivity contribution in [1.82, 2.24) is 33.6 Å². The van der Waals surface area contributed by atoms with E-state index in [-0.39, 0.29) is 0 Å². The van der Waals surface area contributed by atoms with E-state index >= 15 is 0 Å². The van der Waals surface area contributed by atoms with Gasteiger partial charge in [0.25, 0.3) is 0 Å². The van der Waals surface area contributed by atoms with Crippen LogP contribution in [0, 0.1) is 0 Å². The summed E-state index contributed by atoms with van der Waals surface area (Å²) in [6.07, 6.45) is 0. The smallest absolute Gasteiger partial charge is 0.164 e. The summed E-state index contributed by atoms with van der Waals surface area (Å²) in [6.45, 7) is 6.17. The molecule has 7 heteroatoms. The number of benzene rings is 7. The van der Waals surface area contributed by atoms with Crippen LogP contribution in [0.5, 0.6) is 0 Å². The maximum atomic E-state index is 5.21. The highest BCUT2D eigenvalue weighted by molar-refractivity contribution is 6.10. The maximum Gasteiger partial charge on any atom is 0.164 e. The topological polar surface area (TPSA) is 66.3 Å². The average Bonchev–Trinajstić information content (AvgIpc) is 3.93. The van der Waals surface area contributed by atoms with Crippen LogP contribution < -0.4 is 0 Å². The lowest BCUT2D eigenvalue weighted by Crippen LogP contribution is -2.01. The van der Waals surface area contributed by atoms with Crippen molar-refractivity contribution in [2.24, 2.45) is 0 Å². The number of aromatic nitrogens is 7. The minimum absolute atomic E-state index is 0.616. The van der Waals surface area contributed by atoms with Crippen LogP contribution in [-0.4, -0.2) is 33.6 Å². The number of hydrogen-bond donors (Lipinski definition) is 0. The molecule has 11 aromatic rings. The number of fused-ring (bicyclic) bond motifs is 7. The van der Waals surface area contributed by atoms with Gasteiger partial charge in [0.2, 0.25) is 0 Å². The quantitative estimate of drug-likeness (QED) is 0.163. The summed E-state index contributed by atoms with van der Waals surface area (Å²) in [7, 11) is 0. The van der Waals surface area contributed by atoms with Crippen LogP contribution in [0.3, 0.4) is 0 Å². The first-order chi connectivity index (χ1) is 28.2. The minimum atomic E-state index is 0.616. The summed E-state index contributed by atoms with van der Waals surface area (Å²) in [6, 6.07) is 57.5. The summed E-state index contributed by atoms with van der Waals surface area (Å²) in [5.74, 6) is 2.77. The molecule has 0 radical (unpaired) electrons. The van der Waals surface area contributed by atoms with Crippen molar-refractivity contribution in [1.29, 1.82) is 0 Å². The molecule has 0 fully saturated rings. The van der Waals surface area contributed by atoms with Crippen LogP contribution in [-0.2, 0) is 13.1 Å². The molecule has 0 atom stereocenters. The van der Waals surface area contributed by atoms with Crippen molar-refractivity contribution in [2.45, 2.75) is 26.9 Å². The van der Waals surface area contributed by atoms with Crippen molar-refractivity contribution >= 4 is 54.6 Å². The largest absolute Gasteiger partial charge is 0.341 e. The van der Waals surface area contributed by atoms with Gasteiger partial charge < -0.3 is 9.13 Å². The number of nitrogens with zero attached hydrogens (tertiary/aromatic N) is 7. The Labute approximate surface area is 329 Å². The van der Waals surface area contributed by atoms with E-state index in [0.29, 0.717) is 17.5 Å². The van der Waals surface area contributed by atoms with Gasteiger partial charge in [-0.3, -0.25) is 4.57 Å². The molecule has 0 spiro atoms. The molecule has 7 aromatic carbocycles. The second-order valence-electron chi connectivity index (χ2n) is 14.5. The first-order valence-electron chi connectivity index (χ1n) is 19.6. The summed E-state index contributed by atoms with van der Waals surface area (Å²) in [4.78, 5) is 20.7. The van der Waals surface area contributed by atoms with Crippen molar-refractivity contribution in [3.63, 3.8) is 0 Å². The van der Waals surface area contributed by atoms with E-state index in [9.17, 15) is 0 Å². The number of para-hydroxylation sites is 5. The highest BCUT2D eigenvalue weighted by Gasteiger charge is 2.19. The van der Waals surface area contributed by atoms with Gasteiger partial charge in [-0.1, -0.05) is 91.0 Å². The van der Waals surface area contributed by atoms with Gasteiger partial charge in [0.15, 0.2) is 17.5 Å². The molecule has 0 saturated heterocycles. The third-order valence-corrected chi connectivity index (χ3v) is 11.3. The van der Waals surface area contributed by atoms with Crippen LogP contribution in [0.1, 0.15) is 13.8 Å². The van der Waals surface area contributed by atoms with Crippen LogP contribution in [0.4, 0.5) is 0 Å². The molecule has 0 unspecified atom stereocenters. The lowest BCUT2D eigenvalue weighted by molar-refractivity contribution is 0.827. The molecule has 0 aliphatic rings. The molecule has 11 rings (SSSR count). The van der Waals surface area contributed by atoms with Gasteiger partial charge in [-0.25, -0.2) is 19.9 Å². The molecular formula is C50H37N7. The molecule has 0 aliphatic heterocycles. The monoisotopic (exact) mass is 735 g/mol. The molecule has 4 aromatic heterocycles. The molecule has 0 bridgehead atoms. The maximum absolute atomic E-state index is 5.21. The molecule has 0 aliphatic carbocycles. The number of rotatable bonds is 7. The minimum Gasteiger partial charge on any atom is -0.341 e. The fourth-order valence-electron chi connectivity index (χ4n) is 8.66. The normalized spacial score (nSPS) is 11.8. The van der Waals surface area contributed by atoms with E-state index in [1.54, 1.807) is 0 Å². The zero-order chi connectivity index (χ0) is 38.0. The van der Waals surface area contributed by atoms with Crippen molar-refractivity contribution < 1.29 is 0 Å². The first kappa shape index (κ1) is 33.0. The third-order valence-electron chi connectivity index (χ3n) is 11.3. The molecule has 0 N–H and O–H groups in total. The van der Waals surface area contributed by atoms with Gasteiger partial charge in [0.05, 0.1) is 11.0 Å². The van der Waals surface area contributed by atoms with E-state index in [1.807, 2.05) is 12.1 Å². The molecule has 272 valence electrons. The SMILES string of the molecule is CCn1c2ccccc2c2cc(-c3nc(-c4ccc(-c5nc6ccccc6n5-c5ccccc5)cc4)nc(-c4ccc5c(c4)c4ccccc4n5CC)n3)ccc21. The van der Waals surface area contributed by atoms with Crippen LogP contribution >= 0.6 is 0 Å². The van der Waals surface area contributed by atoms with E-state index in [2.05, 4.69) is 179 Å². The predicted molar refractivity (Wildman–Crippen MR) is 234 cm³/mol. The fourth-order valence-corrected chi connectivity index (χ4v) is 8.66. The number of hydrogen-bond acceptors (Lipinski definition) is 4. The highest BCUT2D eigenvalue weighted by atomic mass is 15.1. The van der Waals surface area contributed by atoms with E-state index in [4.69, 9.17) is 19.9 Å². The van der Waals surface area contributed by atoms with E-state index in [0.717, 1.165) is 57.9 Å². The molecular weight excluding hydrogens is 699 g/mol. The van der Waals surface area contributed by atoms with Gasteiger partial charge in [0.1, 0.15) is 5.82 Å². The molecule has 57 heavy (non-hydrogen) atoms. The zero-order valence-corrected chi connectivity index (χ0v) is 31.6. The summed E-state index contributed by atoms with van der Waals surface area (Å²) in [5, 5.41) is 4.82. The van der Waals surface area contributed by atoms with Crippen LogP contribution in [0.15, 0.2) is 164 Å². The summed E-state index contributed by atoms with van der Waals surface area (Å²) < 4.78 is 6.96.